The number of carbonyl (C=O) groups is 4. The maximum absolute atomic E-state index is 11.3. The normalized spacial score (nSPS) is 10.2. The first-order valence-corrected chi connectivity index (χ1v) is 5.13. The van der Waals surface area contributed by atoms with Crippen molar-refractivity contribution in [2.75, 3.05) is 5.32 Å². The number of amides is 1. The second kappa shape index (κ2) is 6.14. The number of anilines is 1. The molecule has 104 valence electrons. The summed E-state index contributed by atoms with van der Waals surface area (Å²) < 4.78 is 0. The largest absolute Gasteiger partial charge is 0.478 e. The van der Waals surface area contributed by atoms with E-state index in [1.807, 2.05) is 0 Å². The van der Waals surface area contributed by atoms with Gasteiger partial charge in [-0.25, -0.2) is 14.4 Å². The Balaban J connectivity index is 3.05. The highest BCUT2D eigenvalue weighted by molar-refractivity contribution is 6.04. The van der Waals surface area contributed by atoms with E-state index in [4.69, 9.17) is 15.3 Å². The second-order valence-electron chi connectivity index (χ2n) is 3.57. The van der Waals surface area contributed by atoms with Gasteiger partial charge in [0.05, 0.1) is 11.1 Å². The fraction of sp³-hybridized carbons (Fsp3) is 0. The van der Waals surface area contributed by atoms with Gasteiger partial charge in [-0.1, -0.05) is 0 Å². The van der Waals surface area contributed by atoms with Crippen LogP contribution in [0.4, 0.5) is 5.69 Å². The maximum atomic E-state index is 11.3. The van der Waals surface area contributed by atoms with Gasteiger partial charge in [0.15, 0.2) is 0 Å². The molecule has 0 unspecified atom stereocenters. The molecule has 0 heterocycles. The zero-order valence-electron chi connectivity index (χ0n) is 9.86. The van der Waals surface area contributed by atoms with Crippen LogP contribution in [0.3, 0.4) is 0 Å². The lowest BCUT2D eigenvalue weighted by atomic mass is 10.1. The Bertz CT molecular complexity index is 586. The number of aliphatic carboxylic acids is 1. The SMILES string of the molecule is O=C(O)/C=C/C(=O)Nc1cc(C(=O)O)cc(C(=O)O)c1. The van der Waals surface area contributed by atoms with E-state index in [2.05, 4.69) is 5.32 Å². The van der Waals surface area contributed by atoms with Crippen LogP contribution in [0.2, 0.25) is 0 Å². The van der Waals surface area contributed by atoms with Gasteiger partial charge in [-0.2, -0.15) is 0 Å². The van der Waals surface area contributed by atoms with Gasteiger partial charge in [-0.15, -0.1) is 0 Å². The Hall–Kier alpha value is -3.16. The summed E-state index contributed by atoms with van der Waals surface area (Å²) in [7, 11) is 0. The van der Waals surface area contributed by atoms with Gasteiger partial charge in [0.25, 0.3) is 0 Å². The molecule has 0 aliphatic heterocycles. The third-order valence-corrected chi connectivity index (χ3v) is 2.07. The number of rotatable bonds is 5. The van der Waals surface area contributed by atoms with Crippen LogP contribution in [0.15, 0.2) is 30.4 Å². The van der Waals surface area contributed by atoms with Crippen LogP contribution in [0.1, 0.15) is 20.7 Å². The van der Waals surface area contributed by atoms with Crippen molar-refractivity contribution in [1.29, 1.82) is 0 Å². The van der Waals surface area contributed by atoms with E-state index in [-0.39, 0.29) is 16.8 Å². The minimum Gasteiger partial charge on any atom is -0.478 e. The topological polar surface area (TPSA) is 141 Å². The quantitative estimate of drug-likeness (QED) is 0.580. The molecule has 8 heteroatoms. The van der Waals surface area contributed by atoms with Crippen molar-refractivity contribution >= 4 is 29.5 Å². The first-order valence-electron chi connectivity index (χ1n) is 5.13. The molecule has 0 fully saturated rings. The van der Waals surface area contributed by atoms with Gasteiger partial charge in [-0.05, 0) is 18.2 Å². The van der Waals surface area contributed by atoms with Crippen LogP contribution in [0.25, 0.3) is 0 Å². The number of hydrogen-bond donors (Lipinski definition) is 4. The average Bonchev–Trinajstić information content (AvgIpc) is 2.35. The van der Waals surface area contributed by atoms with E-state index >= 15 is 0 Å². The van der Waals surface area contributed by atoms with E-state index in [1.165, 1.54) is 0 Å². The Morgan fingerprint density at radius 1 is 0.850 bits per heavy atom. The highest BCUT2D eigenvalue weighted by Gasteiger charge is 2.12. The van der Waals surface area contributed by atoms with E-state index in [0.717, 1.165) is 24.3 Å². The Morgan fingerprint density at radius 3 is 1.75 bits per heavy atom. The van der Waals surface area contributed by atoms with Crippen LogP contribution in [0, 0.1) is 0 Å². The smallest absolute Gasteiger partial charge is 0.335 e. The minimum absolute atomic E-state index is 0.0673. The first kappa shape index (κ1) is 14.9. The van der Waals surface area contributed by atoms with Crippen LogP contribution in [-0.4, -0.2) is 39.1 Å². The summed E-state index contributed by atoms with van der Waals surface area (Å²) in [6.07, 6.45) is 1.31. The van der Waals surface area contributed by atoms with Gasteiger partial charge < -0.3 is 20.6 Å². The van der Waals surface area contributed by atoms with Crippen molar-refractivity contribution in [2.45, 2.75) is 0 Å². The Morgan fingerprint density at radius 2 is 1.35 bits per heavy atom. The van der Waals surface area contributed by atoms with E-state index in [1.54, 1.807) is 0 Å². The summed E-state index contributed by atoms with van der Waals surface area (Å²) in [5.74, 6) is -4.87. The molecule has 1 aromatic carbocycles. The van der Waals surface area contributed by atoms with Crippen molar-refractivity contribution in [2.24, 2.45) is 0 Å². The summed E-state index contributed by atoms with van der Waals surface area (Å²) in [6.45, 7) is 0. The zero-order valence-corrected chi connectivity index (χ0v) is 9.86. The number of carboxylic acids is 3. The summed E-state index contributed by atoms with van der Waals surface area (Å²) in [5, 5.41) is 28.2. The van der Waals surface area contributed by atoms with Gasteiger partial charge in [-0.3, -0.25) is 4.79 Å². The molecule has 0 saturated carbocycles. The number of nitrogens with one attached hydrogen (secondary N) is 1. The minimum atomic E-state index is -1.36. The van der Waals surface area contributed by atoms with Gasteiger partial charge in [0, 0.05) is 17.8 Å². The van der Waals surface area contributed by atoms with E-state index in [9.17, 15) is 19.2 Å². The lowest BCUT2D eigenvalue weighted by Gasteiger charge is -2.05. The maximum Gasteiger partial charge on any atom is 0.335 e. The number of carbonyl (C=O) groups excluding carboxylic acids is 1. The van der Waals surface area contributed by atoms with Crippen LogP contribution >= 0.6 is 0 Å². The lowest BCUT2D eigenvalue weighted by Crippen LogP contribution is -2.11. The molecule has 1 aromatic rings. The molecule has 0 bridgehead atoms. The standard InChI is InChI=1S/C12H9NO7/c14-9(1-2-10(15)16)13-8-4-6(11(17)18)3-7(5-8)12(19)20/h1-5H,(H,13,14)(H,15,16)(H,17,18)(H,19,20)/b2-1+. The monoisotopic (exact) mass is 279 g/mol. The predicted molar refractivity (Wildman–Crippen MR) is 65.8 cm³/mol. The molecule has 1 amide bonds. The second-order valence-corrected chi connectivity index (χ2v) is 3.57. The fourth-order valence-electron chi connectivity index (χ4n) is 1.28. The molecule has 20 heavy (non-hydrogen) atoms. The van der Waals surface area contributed by atoms with Crippen LogP contribution in [-0.2, 0) is 9.59 Å². The summed E-state index contributed by atoms with van der Waals surface area (Å²) in [4.78, 5) is 43.2. The molecule has 8 nitrogen and oxygen atoms in total. The number of carboxylic acid groups (broad SMARTS) is 3. The first-order chi connectivity index (χ1) is 9.29. The summed E-state index contributed by atoms with van der Waals surface area (Å²) >= 11 is 0. The van der Waals surface area contributed by atoms with Gasteiger partial charge >= 0.3 is 17.9 Å². The van der Waals surface area contributed by atoms with Crippen molar-refractivity contribution < 1.29 is 34.5 Å². The zero-order chi connectivity index (χ0) is 15.3. The highest BCUT2D eigenvalue weighted by Crippen LogP contribution is 2.15. The average molecular weight is 279 g/mol. The number of benzene rings is 1. The molecule has 0 saturated heterocycles. The van der Waals surface area contributed by atoms with Gasteiger partial charge in [0.2, 0.25) is 5.91 Å². The molecular formula is C12H9NO7. The highest BCUT2D eigenvalue weighted by atomic mass is 16.4. The molecule has 1 rings (SSSR count). The van der Waals surface area contributed by atoms with Crippen LogP contribution in [0.5, 0.6) is 0 Å². The van der Waals surface area contributed by atoms with Crippen molar-refractivity contribution in [3.8, 4) is 0 Å². The van der Waals surface area contributed by atoms with Crippen molar-refractivity contribution in [3.63, 3.8) is 0 Å². The van der Waals surface area contributed by atoms with Gasteiger partial charge in [0.1, 0.15) is 0 Å². The van der Waals surface area contributed by atoms with Crippen molar-refractivity contribution in [1.82, 2.24) is 0 Å². The fourth-order valence-corrected chi connectivity index (χ4v) is 1.28. The Labute approximate surface area is 112 Å². The third kappa shape index (κ3) is 4.26. The molecule has 4 N–H and O–H groups in total. The van der Waals surface area contributed by atoms with Crippen LogP contribution < -0.4 is 5.32 Å². The van der Waals surface area contributed by atoms with E-state index in [0.29, 0.717) is 6.08 Å². The molecule has 0 radical (unpaired) electrons. The third-order valence-electron chi connectivity index (χ3n) is 2.07. The Kier molecular flexibility index (Phi) is 4.57. The molecule has 0 spiro atoms. The lowest BCUT2D eigenvalue weighted by molar-refractivity contribution is -0.131. The number of hydrogen-bond acceptors (Lipinski definition) is 4. The molecule has 0 aliphatic rings. The summed E-state index contributed by atoms with van der Waals surface area (Å²) in [5.41, 5.74) is -0.702. The number of aromatic carboxylic acids is 2. The molecular weight excluding hydrogens is 270 g/mol. The predicted octanol–water partition coefficient (Wildman–Crippen LogP) is 0.662. The molecule has 0 aliphatic carbocycles. The van der Waals surface area contributed by atoms with Crippen molar-refractivity contribution in [3.05, 3.63) is 41.5 Å². The van der Waals surface area contributed by atoms with E-state index < -0.39 is 23.8 Å². The molecule has 0 aromatic heterocycles. The summed E-state index contributed by atoms with van der Waals surface area (Å²) in [6, 6.07) is 3.05. The molecule has 0 atom stereocenters.